The second-order valence-electron chi connectivity index (χ2n) is 8.08. The minimum absolute atomic E-state index is 0.0751. The number of anilines is 2. The number of nitrogens with zero attached hydrogens (tertiary/aromatic N) is 2. The lowest BCUT2D eigenvalue weighted by atomic mass is 10.0. The number of hydrogen-bond acceptors (Lipinski definition) is 7. The van der Waals surface area contributed by atoms with Crippen LogP contribution in [0.3, 0.4) is 0 Å². The number of terminal acetylenes is 1. The van der Waals surface area contributed by atoms with Crippen LogP contribution in [0.5, 0.6) is 0 Å². The summed E-state index contributed by atoms with van der Waals surface area (Å²) in [5.74, 6) is 2.09. The zero-order chi connectivity index (χ0) is 25.4. The molecule has 0 saturated heterocycles. The summed E-state index contributed by atoms with van der Waals surface area (Å²) < 4.78 is 11.8. The minimum atomic E-state index is -0.333. The molecule has 0 heterocycles. The molecule has 0 unspecified atom stereocenters. The van der Waals surface area contributed by atoms with E-state index in [2.05, 4.69) is 5.92 Å². The molecule has 1 atom stereocenters. The van der Waals surface area contributed by atoms with Crippen LogP contribution in [0.4, 0.5) is 11.4 Å². The molecule has 0 spiro atoms. The van der Waals surface area contributed by atoms with Gasteiger partial charge in [-0.15, -0.1) is 6.42 Å². The van der Waals surface area contributed by atoms with Crippen molar-refractivity contribution in [3.8, 4) is 12.3 Å². The summed E-state index contributed by atoms with van der Waals surface area (Å²) in [5, 5.41) is 1.93. The van der Waals surface area contributed by atoms with Gasteiger partial charge in [0, 0.05) is 27.4 Å². The van der Waals surface area contributed by atoms with Crippen molar-refractivity contribution in [3.63, 3.8) is 0 Å². The molecule has 3 rings (SSSR count). The Morgan fingerprint density at radius 3 is 2.17 bits per heavy atom. The first-order valence-electron chi connectivity index (χ1n) is 11.3. The molecule has 0 saturated carbocycles. The summed E-state index contributed by atoms with van der Waals surface area (Å²) in [4.78, 5) is 27.4. The van der Waals surface area contributed by atoms with Gasteiger partial charge in [0.2, 0.25) is 0 Å². The van der Waals surface area contributed by atoms with Crippen LogP contribution in [0.1, 0.15) is 18.9 Å². The van der Waals surface area contributed by atoms with Crippen molar-refractivity contribution >= 4 is 46.0 Å². The topological polar surface area (TPSA) is 59.1 Å². The van der Waals surface area contributed by atoms with Gasteiger partial charge in [-0.3, -0.25) is 9.59 Å². The number of fused-ring (bicyclic) bond motifs is 1. The fourth-order valence-electron chi connectivity index (χ4n) is 3.87. The number of carbonyl (C=O) groups is 2. The molecular weight excluding hydrogens is 460 g/mol. The molecule has 35 heavy (non-hydrogen) atoms. The monoisotopic (exact) mass is 490 g/mol. The number of methoxy groups -OCH3 is 2. The zero-order valence-electron chi connectivity index (χ0n) is 20.5. The quantitative estimate of drug-likeness (QED) is 0.219. The molecule has 0 fully saturated rings. The average molecular weight is 491 g/mol. The Kier molecular flexibility index (Phi) is 9.04. The summed E-state index contributed by atoms with van der Waals surface area (Å²) in [6.07, 6.45) is 5.90. The van der Waals surface area contributed by atoms with E-state index in [0.29, 0.717) is 6.54 Å². The van der Waals surface area contributed by atoms with Gasteiger partial charge in [0.15, 0.2) is 0 Å². The predicted molar refractivity (Wildman–Crippen MR) is 143 cm³/mol. The van der Waals surface area contributed by atoms with E-state index in [1.165, 1.54) is 26.2 Å². The van der Waals surface area contributed by atoms with Gasteiger partial charge < -0.3 is 18.7 Å². The third-order valence-electron chi connectivity index (χ3n) is 5.74. The van der Waals surface area contributed by atoms with Gasteiger partial charge in [-0.05, 0) is 49.6 Å². The lowest BCUT2D eigenvalue weighted by molar-refractivity contribution is -0.141. The molecule has 6 nitrogen and oxygen atoms in total. The second-order valence-corrected chi connectivity index (χ2v) is 9.14. The van der Waals surface area contributed by atoms with Crippen LogP contribution < -0.4 is 9.21 Å². The molecule has 182 valence electrons. The molecule has 0 radical (unpaired) electrons. The number of aryl methyl sites for hydroxylation is 1. The van der Waals surface area contributed by atoms with Crippen LogP contribution in [-0.2, 0) is 19.1 Å². The third kappa shape index (κ3) is 6.28. The van der Waals surface area contributed by atoms with Gasteiger partial charge in [-0.25, -0.2) is 0 Å². The van der Waals surface area contributed by atoms with Gasteiger partial charge in [0.25, 0.3) is 0 Å². The third-order valence-corrected chi connectivity index (χ3v) is 6.94. The first kappa shape index (κ1) is 26.0. The van der Waals surface area contributed by atoms with Crippen LogP contribution in [0, 0.1) is 19.3 Å². The van der Waals surface area contributed by atoms with E-state index in [1.54, 1.807) is 0 Å². The summed E-state index contributed by atoms with van der Waals surface area (Å²) in [6, 6.07) is 19.8. The fraction of sp³-hybridized carbons (Fsp3) is 0.286. The number of hydrogen-bond donors (Lipinski definition) is 0. The summed E-state index contributed by atoms with van der Waals surface area (Å²) in [7, 11) is 2.77. The van der Waals surface area contributed by atoms with E-state index in [-0.39, 0.29) is 30.9 Å². The van der Waals surface area contributed by atoms with Crippen molar-refractivity contribution < 1.29 is 19.1 Å². The molecule has 0 aliphatic heterocycles. The molecule has 3 aromatic rings. The van der Waals surface area contributed by atoms with Crippen molar-refractivity contribution in [2.45, 2.75) is 31.2 Å². The molecule has 0 aliphatic carbocycles. The molecule has 0 N–H and O–H groups in total. The Labute approximate surface area is 211 Å². The van der Waals surface area contributed by atoms with E-state index in [1.807, 2.05) is 83.7 Å². The minimum Gasteiger partial charge on any atom is -0.469 e. The number of rotatable bonds is 10. The lowest BCUT2D eigenvalue weighted by Gasteiger charge is -2.31. The van der Waals surface area contributed by atoms with E-state index >= 15 is 0 Å². The van der Waals surface area contributed by atoms with E-state index in [4.69, 9.17) is 15.9 Å². The molecule has 3 aromatic carbocycles. The van der Waals surface area contributed by atoms with Gasteiger partial charge in [0.05, 0.1) is 32.9 Å². The Morgan fingerprint density at radius 2 is 1.54 bits per heavy atom. The average Bonchev–Trinajstić information content (AvgIpc) is 2.87. The van der Waals surface area contributed by atoms with Crippen LogP contribution in [0.15, 0.2) is 65.6 Å². The molecule has 0 aromatic heterocycles. The smallest absolute Gasteiger partial charge is 0.326 e. The van der Waals surface area contributed by atoms with Gasteiger partial charge >= 0.3 is 11.9 Å². The first-order chi connectivity index (χ1) is 16.9. The Balaban J connectivity index is 2.10. The van der Waals surface area contributed by atoms with Gasteiger partial charge in [-0.1, -0.05) is 48.4 Å². The lowest BCUT2D eigenvalue weighted by Crippen LogP contribution is -2.35. The fourth-order valence-corrected chi connectivity index (χ4v) is 4.89. The van der Waals surface area contributed by atoms with Gasteiger partial charge in [-0.2, -0.15) is 0 Å². The Hall–Kier alpha value is -3.63. The molecular formula is C28H30N2O4S. The number of benzene rings is 3. The standard InChI is InChI=1S/C28H30N2O4S/c1-6-17-29(21(3)18-27(31)33-4)24-15-16-25(23-13-9-8-12-22(23)24)30(19-28(32)34-5)35-26-14-10-7-11-20(26)2/h1,7-16,21H,17-19H2,2-5H3/t21-/m0/s1. The highest BCUT2D eigenvalue weighted by Crippen LogP contribution is 2.39. The van der Waals surface area contributed by atoms with E-state index in [9.17, 15) is 9.59 Å². The summed E-state index contributed by atoms with van der Waals surface area (Å²) in [6.45, 7) is 4.41. The van der Waals surface area contributed by atoms with Crippen LogP contribution in [0.25, 0.3) is 10.8 Å². The maximum Gasteiger partial charge on any atom is 0.326 e. The SMILES string of the molecule is C#CCN(c1ccc(N(CC(=O)OC)Sc2ccccc2C)c2ccccc12)[C@@H](C)CC(=O)OC. The number of carbonyl (C=O) groups excluding carboxylic acids is 2. The van der Waals surface area contributed by atoms with Crippen LogP contribution >= 0.6 is 11.9 Å². The highest BCUT2D eigenvalue weighted by molar-refractivity contribution is 8.00. The zero-order valence-corrected chi connectivity index (χ0v) is 21.3. The normalized spacial score (nSPS) is 11.4. The van der Waals surface area contributed by atoms with Crippen molar-refractivity contribution in [2.75, 3.05) is 36.5 Å². The largest absolute Gasteiger partial charge is 0.469 e. The number of ether oxygens (including phenoxy) is 2. The molecule has 0 aliphatic rings. The van der Waals surface area contributed by atoms with E-state index in [0.717, 1.165) is 32.6 Å². The van der Waals surface area contributed by atoms with Crippen molar-refractivity contribution in [2.24, 2.45) is 0 Å². The Bertz CT molecular complexity index is 1240. The highest BCUT2D eigenvalue weighted by atomic mass is 32.2. The summed E-state index contributed by atoms with van der Waals surface area (Å²) in [5.41, 5.74) is 2.91. The summed E-state index contributed by atoms with van der Waals surface area (Å²) >= 11 is 1.49. The predicted octanol–water partition coefficient (Wildman–Crippen LogP) is 5.23. The molecule has 0 bridgehead atoms. The highest BCUT2D eigenvalue weighted by Gasteiger charge is 2.23. The van der Waals surface area contributed by atoms with Crippen LogP contribution in [0.2, 0.25) is 0 Å². The van der Waals surface area contributed by atoms with Crippen molar-refractivity contribution in [3.05, 3.63) is 66.2 Å². The van der Waals surface area contributed by atoms with E-state index < -0.39 is 0 Å². The van der Waals surface area contributed by atoms with Crippen molar-refractivity contribution in [1.29, 1.82) is 0 Å². The second kappa shape index (κ2) is 12.2. The van der Waals surface area contributed by atoms with Crippen molar-refractivity contribution in [1.82, 2.24) is 0 Å². The first-order valence-corrected chi connectivity index (χ1v) is 12.0. The maximum absolute atomic E-state index is 12.3. The molecule has 0 amide bonds. The maximum atomic E-state index is 12.3. The number of esters is 2. The van der Waals surface area contributed by atoms with Crippen LogP contribution in [-0.4, -0.2) is 45.3 Å². The van der Waals surface area contributed by atoms with Gasteiger partial charge in [0.1, 0.15) is 6.54 Å². The molecule has 7 heteroatoms. The Morgan fingerprint density at radius 1 is 0.943 bits per heavy atom.